The molecule has 2 rings (SSSR count). The Labute approximate surface area is 123 Å². The summed E-state index contributed by atoms with van der Waals surface area (Å²) < 4.78 is 27.6. The Morgan fingerprint density at radius 3 is 2.60 bits per heavy atom. The van der Waals surface area contributed by atoms with Crippen molar-refractivity contribution in [2.75, 3.05) is 11.3 Å². The van der Waals surface area contributed by atoms with Crippen LogP contribution in [0.5, 0.6) is 0 Å². The number of hydrogen-bond donors (Lipinski definition) is 2. The van der Waals surface area contributed by atoms with Crippen LogP contribution in [0.25, 0.3) is 0 Å². The summed E-state index contributed by atoms with van der Waals surface area (Å²) in [7, 11) is -3.50. The minimum absolute atomic E-state index is 0.341. The monoisotopic (exact) mass is 310 g/mol. The highest BCUT2D eigenvalue weighted by Gasteiger charge is 2.17. The first-order chi connectivity index (χ1) is 9.53. The molecule has 2 aromatic rings. The zero-order valence-corrected chi connectivity index (χ0v) is 13.1. The highest BCUT2D eigenvalue weighted by atomic mass is 32.2. The number of para-hydroxylation sites is 1. The Bertz CT molecular complexity index is 678. The van der Waals surface area contributed by atoms with Crippen LogP contribution in [-0.4, -0.2) is 15.0 Å². The van der Waals surface area contributed by atoms with Crippen molar-refractivity contribution < 1.29 is 8.42 Å². The number of anilines is 1. The number of thiophene rings is 1. The lowest BCUT2D eigenvalue weighted by molar-refractivity contribution is 0.603. The number of rotatable bonds is 6. The van der Waals surface area contributed by atoms with Crippen molar-refractivity contribution in [1.29, 1.82) is 0 Å². The predicted molar refractivity (Wildman–Crippen MR) is 83.7 cm³/mol. The maximum Gasteiger partial charge on any atom is 0.271 e. The van der Waals surface area contributed by atoms with E-state index in [0.29, 0.717) is 16.4 Å². The Morgan fingerprint density at radius 2 is 1.90 bits per heavy atom. The van der Waals surface area contributed by atoms with E-state index < -0.39 is 10.0 Å². The van der Waals surface area contributed by atoms with E-state index in [4.69, 9.17) is 0 Å². The number of benzene rings is 1. The average Bonchev–Trinajstić information content (AvgIpc) is 2.88. The first-order valence-electron chi connectivity index (χ1n) is 6.41. The smallest absolute Gasteiger partial charge is 0.271 e. The van der Waals surface area contributed by atoms with Gasteiger partial charge in [0.25, 0.3) is 10.0 Å². The van der Waals surface area contributed by atoms with Crippen LogP contribution in [0, 0.1) is 6.92 Å². The average molecular weight is 310 g/mol. The summed E-state index contributed by atoms with van der Waals surface area (Å²) in [5.74, 6) is 0. The zero-order valence-electron chi connectivity index (χ0n) is 11.5. The van der Waals surface area contributed by atoms with Crippen LogP contribution in [0.4, 0.5) is 5.69 Å². The Balaban J connectivity index is 2.18. The molecule has 0 aliphatic carbocycles. The van der Waals surface area contributed by atoms with Crippen molar-refractivity contribution in [3.63, 3.8) is 0 Å². The summed E-state index contributed by atoms with van der Waals surface area (Å²) in [6, 6.07) is 10.8. The van der Waals surface area contributed by atoms with Crippen LogP contribution in [0.2, 0.25) is 0 Å². The van der Waals surface area contributed by atoms with E-state index in [2.05, 4.69) is 10.0 Å². The molecule has 0 atom stereocenters. The summed E-state index contributed by atoms with van der Waals surface area (Å²) in [5.41, 5.74) is 1.52. The van der Waals surface area contributed by atoms with Crippen molar-refractivity contribution in [1.82, 2.24) is 5.32 Å². The van der Waals surface area contributed by atoms with Gasteiger partial charge in [0.2, 0.25) is 0 Å². The molecule has 0 spiro atoms. The molecule has 0 radical (unpaired) electrons. The lowest BCUT2D eigenvalue weighted by atomic mass is 10.2. The highest BCUT2D eigenvalue weighted by Crippen LogP contribution is 2.25. The molecule has 6 heteroatoms. The van der Waals surface area contributed by atoms with Gasteiger partial charge in [0.15, 0.2) is 0 Å². The van der Waals surface area contributed by atoms with Gasteiger partial charge in [0, 0.05) is 11.4 Å². The fourth-order valence-electron chi connectivity index (χ4n) is 1.73. The summed E-state index contributed by atoms with van der Waals surface area (Å²) in [5, 5.41) is 3.18. The van der Waals surface area contributed by atoms with Gasteiger partial charge in [-0.1, -0.05) is 25.1 Å². The molecule has 0 fully saturated rings. The van der Waals surface area contributed by atoms with Crippen molar-refractivity contribution in [3.05, 3.63) is 46.8 Å². The van der Waals surface area contributed by atoms with Gasteiger partial charge >= 0.3 is 0 Å². The third kappa shape index (κ3) is 3.59. The summed E-state index contributed by atoms with van der Waals surface area (Å²) in [6.07, 6.45) is 0. The molecule has 0 bridgehead atoms. The lowest BCUT2D eigenvalue weighted by Crippen LogP contribution is -2.12. The van der Waals surface area contributed by atoms with E-state index >= 15 is 0 Å². The molecule has 108 valence electrons. The molecule has 1 heterocycles. The molecular formula is C14H18N2O2S2. The van der Waals surface area contributed by atoms with Gasteiger partial charge in [-0.15, -0.1) is 11.3 Å². The summed E-state index contributed by atoms with van der Waals surface area (Å²) in [4.78, 5) is 1.01. The molecule has 0 unspecified atom stereocenters. The topological polar surface area (TPSA) is 58.2 Å². The first kappa shape index (κ1) is 15.0. The Morgan fingerprint density at radius 1 is 1.15 bits per heavy atom. The van der Waals surface area contributed by atoms with Gasteiger partial charge < -0.3 is 5.32 Å². The highest BCUT2D eigenvalue weighted by molar-refractivity contribution is 7.94. The Kier molecular flexibility index (Phi) is 4.80. The minimum Gasteiger partial charge on any atom is -0.312 e. The maximum absolute atomic E-state index is 12.3. The van der Waals surface area contributed by atoms with E-state index in [1.807, 2.05) is 38.1 Å². The number of sulfonamides is 1. The van der Waals surface area contributed by atoms with E-state index in [1.165, 1.54) is 11.3 Å². The van der Waals surface area contributed by atoms with E-state index in [-0.39, 0.29) is 0 Å². The van der Waals surface area contributed by atoms with Crippen LogP contribution >= 0.6 is 11.3 Å². The van der Waals surface area contributed by atoms with Crippen molar-refractivity contribution in [2.24, 2.45) is 0 Å². The van der Waals surface area contributed by atoms with Crippen molar-refractivity contribution in [2.45, 2.75) is 24.6 Å². The van der Waals surface area contributed by atoms with Crippen molar-refractivity contribution in [3.8, 4) is 0 Å². The standard InChI is InChI=1S/C14H18N2O2S2/c1-3-15-10-12-8-9-14(19-12)20(17,18)16-13-7-5-4-6-11(13)2/h4-9,15-16H,3,10H2,1-2H3. The predicted octanol–water partition coefficient (Wildman–Crippen LogP) is 2.97. The van der Waals surface area contributed by atoms with Crippen LogP contribution < -0.4 is 10.0 Å². The second-order valence-electron chi connectivity index (χ2n) is 4.42. The second-order valence-corrected chi connectivity index (χ2v) is 7.50. The van der Waals surface area contributed by atoms with E-state index in [1.54, 1.807) is 12.1 Å². The lowest BCUT2D eigenvalue weighted by Gasteiger charge is -2.08. The zero-order chi connectivity index (χ0) is 14.6. The van der Waals surface area contributed by atoms with E-state index in [0.717, 1.165) is 17.0 Å². The normalized spacial score (nSPS) is 11.5. The van der Waals surface area contributed by atoms with Gasteiger partial charge in [-0.2, -0.15) is 0 Å². The molecule has 0 saturated carbocycles. The Hall–Kier alpha value is -1.37. The van der Waals surface area contributed by atoms with E-state index in [9.17, 15) is 8.42 Å². The fourth-order valence-corrected chi connectivity index (χ4v) is 4.18. The summed E-state index contributed by atoms with van der Waals surface area (Å²) >= 11 is 1.29. The molecule has 4 nitrogen and oxygen atoms in total. The third-order valence-corrected chi connectivity index (χ3v) is 5.78. The second kappa shape index (κ2) is 6.39. The minimum atomic E-state index is -3.50. The van der Waals surface area contributed by atoms with Gasteiger partial charge in [-0.3, -0.25) is 4.72 Å². The maximum atomic E-state index is 12.3. The summed E-state index contributed by atoms with van der Waals surface area (Å²) in [6.45, 7) is 5.45. The molecule has 0 aliphatic rings. The largest absolute Gasteiger partial charge is 0.312 e. The first-order valence-corrected chi connectivity index (χ1v) is 8.71. The number of nitrogens with one attached hydrogen (secondary N) is 2. The molecule has 0 aliphatic heterocycles. The van der Waals surface area contributed by atoms with Crippen LogP contribution in [0.15, 0.2) is 40.6 Å². The van der Waals surface area contributed by atoms with Gasteiger partial charge in [-0.25, -0.2) is 8.42 Å². The van der Waals surface area contributed by atoms with Crippen LogP contribution in [0.3, 0.4) is 0 Å². The number of hydrogen-bond acceptors (Lipinski definition) is 4. The molecule has 20 heavy (non-hydrogen) atoms. The van der Waals surface area contributed by atoms with Gasteiger partial charge in [0.1, 0.15) is 4.21 Å². The van der Waals surface area contributed by atoms with Crippen LogP contribution in [0.1, 0.15) is 17.4 Å². The molecule has 2 N–H and O–H groups in total. The van der Waals surface area contributed by atoms with Crippen LogP contribution in [-0.2, 0) is 16.6 Å². The number of aryl methyl sites for hydroxylation is 1. The third-order valence-electron chi connectivity index (χ3n) is 2.84. The molecular weight excluding hydrogens is 292 g/mol. The molecule has 0 saturated heterocycles. The fraction of sp³-hybridized carbons (Fsp3) is 0.286. The molecule has 1 aromatic carbocycles. The SMILES string of the molecule is CCNCc1ccc(S(=O)(=O)Nc2ccccc2C)s1. The van der Waals surface area contributed by atoms with Gasteiger partial charge in [-0.05, 0) is 37.2 Å². The van der Waals surface area contributed by atoms with Crippen molar-refractivity contribution >= 4 is 27.0 Å². The van der Waals surface area contributed by atoms with Gasteiger partial charge in [0.05, 0.1) is 5.69 Å². The molecule has 0 amide bonds. The quantitative estimate of drug-likeness (QED) is 0.862. The molecule has 1 aromatic heterocycles.